The number of likely N-dealkylation sites (tertiary alicyclic amines) is 1. The summed E-state index contributed by atoms with van der Waals surface area (Å²) in [5.74, 6) is -0.270. The minimum absolute atomic E-state index is 0.0367. The zero-order valence-electron chi connectivity index (χ0n) is 25.2. The fourth-order valence-corrected chi connectivity index (χ4v) is 5.33. The summed E-state index contributed by atoms with van der Waals surface area (Å²) in [6, 6.07) is 8.35. The number of amides is 3. The summed E-state index contributed by atoms with van der Waals surface area (Å²) in [5.41, 5.74) is 0.658. The largest absolute Gasteiger partial charge is 0.342 e. The molecular weight excluding hydrogens is 476 g/mol. The first kappa shape index (κ1) is 31.5. The average Bonchev–Trinajstić information content (AvgIpc) is 3.39. The van der Waals surface area contributed by atoms with E-state index in [9.17, 15) is 14.4 Å². The lowest BCUT2D eigenvalue weighted by atomic mass is 9.76. The summed E-state index contributed by atoms with van der Waals surface area (Å²) >= 11 is 0. The second kappa shape index (κ2) is 12.9. The Bertz CT molecular complexity index is 988. The van der Waals surface area contributed by atoms with Crippen molar-refractivity contribution in [3.8, 4) is 0 Å². The van der Waals surface area contributed by atoms with Crippen LogP contribution in [0.2, 0.25) is 0 Å². The number of benzene rings is 1. The Morgan fingerprint density at radius 3 is 2.00 bits per heavy atom. The highest BCUT2D eigenvalue weighted by molar-refractivity contribution is 5.94. The second-order valence-electron chi connectivity index (χ2n) is 12.6. The Morgan fingerprint density at radius 1 is 0.974 bits per heavy atom. The summed E-state index contributed by atoms with van der Waals surface area (Å²) in [6.45, 7) is 17.4. The number of likely N-dealkylation sites (N-methyl/N-ethyl adjacent to an activating group) is 2. The Hall–Kier alpha value is -2.67. The molecular formula is C31H50N4O3. The van der Waals surface area contributed by atoms with Gasteiger partial charge in [-0.3, -0.25) is 14.4 Å². The molecule has 7 heteroatoms. The van der Waals surface area contributed by atoms with E-state index in [-0.39, 0.29) is 29.7 Å². The number of hydrogen-bond donors (Lipinski definition) is 2. The first-order chi connectivity index (χ1) is 17.6. The molecule has 3 atom stereocenters. The van der Waals surface area contributed by atoms with E-state index >= 15 is 0 Å². The van der Waals surface area contributed by atoms with Crippen LogP contribution in [-0.4, -0.2) is 72.8 Å². The van der Waals surface area contributed by atoms with E-state index in [0.29, 0.717) is 5.57 Å². The van der Waals surface area contributed by atoms with Crippen LogP contribution < -0.4 is 10.6 Å². The molecule has 1 aromatic rings. The third kappa shape index (κ3) is 7.46. The predicted octanol–water partition coefficient (Wildman–Crippen LogP) is 4.13. The zero-order chi connectivity index (χ0) is 28.8. The first-order valence-corrected chi connectivity index (χ1v) is 13.9. The van der Waals surface area contributed by atoms with Gasteiger partial charge in [0, 0.05) is 31.1 Å². The van der Waals surface area contributed by atoms with Crippen molar-refractivity contribution in [2.45, 2.75) is 91.8 Å². The normalized spacial score (nSPS) is 17.2. The lowest BCUT2D eigenvalue weighted by Gasteiger charge is -2.40. The van der Waals surface area contributed by atoms with Gasteiger partial charge in [-0.2, -0.15) is 0 Å². The predicted molar refractivity (Wildman–Crippen MR) is 155 cm³/mol. The van der Waals surface area contributed by atoms with Crippen molar-refractivity contribution in [2.75, 3.05) is 27.2 Å². The van der Waals surface area contributed by atoms with Crippen molar-refractivity contribution in [1.82, 2.24) is 20.4 Å². The van der Waals surface area contributed by atoms with E-state index in [2.05, 4.69) is 10.6 Å². The van der Waals surface area contributed by atoms with E-state index in [1.165, 1.54) is 0 Å². The van der Waals surface area contributed by atoms with Crippen molar-refractivity contribution >= 4 is 17.7 Å². The molecule has 7 nitrogen and oxygen atoms in total. The third-order valence-corrected chi connectivity index (χ3v) is 7.82. The van der Waals surface area contributed by atoms with Gasteiger partial charge >= 0.3 is 0 Å². The van der Waals surface area contributed by atoms with E-state index in [0.717, 1.165) is 31.5 Å². The van der Waals surface area contributed by atoms with Gasteiger partial charge in [-0.1, -0.05) is 84.9 Å². The molecule has 0 spiro atoms. The van der Waals surface area contributed by atoms with Crippen molar-refractivity contribution in [3.05, 3.63) is 47.5 Å². The molecule has 2 N–H and O–H groups in total. The molecule has 1 aromatic carbocycles. The van der Waals surface area contributed by atoms with E-state index in [1.54, 1.807) is 19.0 Å². The third-order valence-electron chi connectivity index (χ3n) is 7.82. The van der Waals surface area contributed by atoms with Gasteiger partial charge < -0.3 is 20.4 Å². The quantitative estimate of drug-likeness (QED) is 0.449. The smallest absolute Gasteiger partial charge is 0.249 e. The van der Waals surface area contributed by atoms with E-state index in [4.69, 9.17) is 0 Å². The Labute approximate surface area is 230 Å². The van der Waals surface area contributed by atoms with Crippen molar-refractivity contribution in [3.63, 3.8) is 0 Å². The second-order valence-corrected chi connectivity index (χ2v) is 12.6. The number of carbonyl (C=O) groups is 3. The van der Waals surface area contributed by atoms with Crippen molar-refractivity contribution in [1.29, 1.82) is 0 Å². The van der Waals surface area contributed by atoms with Crippen LogP contribution in [0.15, 0.2) is 42.0 Å². The minimum Gasteiger partial charge on any atom is -0.342 e. The van der Waals surface area contributed by atoms with Crippen LogP contribution in [0.5, 0.6) is 0 Å². The van der Waals surface area contributed by atoms with E-state index in [1.807, 2.05) is 96.7 Å². The highest BCUT2D eigenvalue weighted by Crippen LogP contribution is 2.29. The molecule has 0 aromatic heterocycles. The average molecular weight is 527 g/mol. The SMILES string of the molecule is CN[C@H](C(=O)N[C@H](C(=O)N(C)[C@H](C=C(C)C(=O)N1CCCC1)C(C)C)C(C)(C)C)C(C)(C)c1ccccc1. The fourth-order valence-electron chi connectivity index (χ4n) is 5.33. The standard InChI is InChI=1S/C31H50N4O3/c1-21(2)24(20-22(3)28(37)35-18-14-15-19-35)34(10)29(38)26(30(4,5)6)33-27(36)25(32-9)31(7,8)23-16-12-11-13-17-23/h11-13,16-17,20-21,24-26,32H,14-15,18-19H2,1-10H3,(H,33,36)/t24-,25-,26-/m1/s1. The van der Waals surface area contributed by atoms with Gasteiger partial charge in [-0.15, -0.1) is 0 Å². The number of rotatable bonds is 10. The summed E-state index contributed by atoms with van der Waals surface area (Å²) in [4.78, 5) is 44.2. The summed E-state index contributed by atoms with van der Waals surface area (Å²) < 4.78 is 0. The Kier molecular flexibility index (Phi) is 10.7. The number of nitrogens with zero attached hydrogens (tertiary/aromatic N) is 2. The van der Waals surface area contributed by atoms with Gasteiger partial charge in [0.25, 0.3) is 0 Å². The molecule has 1 heterocycles. The molecule has 38 heavy (non-hydrogen) atoms. The van der Waals surface area contributed by atoms with Crippen LogP contribution in [0.25, 0.3) is 0 Å². The van der Waals surface area contributed by atoms with E-state index < -0.39 is 22.9 Å². The van der Waals surface area contributed by atoms with Crippen LogP contribution in [0.4, 0.5) is 0 Å². The maximum Gasteiger partial charge on any atom is 0.249 e. The summed E-state index contributed by atoms with van der Waals surface area (Å²) in [6.07, 6.45) is 3.99. The number of carbonyl (C=O) groups excluding carboxylic acids is 3. The Balaban J connectivity index is 2.31. The molecule has 0 aliphatic carbocycles. The topological polar surface area (TPSA) is 81.8 Å². The Morgan fingerprint density at radius 2 is 1.53 bits per heavy atom. The molecule has 3 amide bonds. The molecule has 1 saturated heterocycles. The fraction of sp³-hybridized carbons (Fsp3) is 0.645. The molecule has 1 aliphatic heterocycles. The molecule has 1 fully saturated rings. The van der Waals surface area contributed by atoms with Gasteiger partial charge in [0.2, 0.25) is 17.7 Å². The monoisotopic (exact) mass is 526 g/mol. The zero-order valence-corrected chi connectivity index (χ0v) is 25.2. The van der Waals surface area contributed by atoms with Gasteiger partial charge in [0.05, 0.1) is 12.1 Å². The van der Waals surface area contributed by atoms with Crippen LogP contribution in [0, 0.1) is 11.3 Å². The van der Waals surface area contributed by atoms with Crippen LogP contribution >= 0.6 is 0 Å². The maximum absolute atomic E-state index is 14.0. The van der Waals surface area contributed by atoms with Gasteiger partial charge in [0.1, 0.15) is 6.04 Å². The van der Waals surface area contributed by atoms with Gasteiger partial charge in [-0.05, 0) is 43.7 Å². The highest BCUT2D eigenvalue weighted by Gasteiger charge is 2.41. The molecule has 0 unspecified atom stereocenters. The maximum atomic E-state index is 14.0. The first-order valence-electron chi connectivity index (χ1n) is 13.9. The van der Waals surface area contributed by atoms with Crippen molar-refractivity contribution < 1.29 is 14.4 Å². The van der Waals surface area contributed by atoms with Crippen molar-refractivity contribution in [2.24, 2.45) is 11.3 Å². The molecule has 0 radical (unpaired) electrons. The lowest BCUT2D eigenvalue weighted by molar-refractivity contribution is -0.141. The van der Waals surface area contributed by atoms with Gasteiger partial charge in [-0.25, -0.2) is 0 Å². The van der Waals surface area contributed by atoms with Crippen LogP contribution in [0.3, 0.4) is 0 Å². The lowest BCUT2D eigenvalue weighted by Crippen LogP contribution is -2.61. The minimum atomic E-state index is -0.744. The number of hydrogen-bond acceptors (Lipinski definition) is 4. The summed E-state index contributed by atoms with van der Waals surface area (Å²) in [5, 5.41) is 6.27. The van der Waals surface area contributed by atoms with Crippen LogP contribution in [-0.2, 0) is 19.8 Å². The summed E-state index contributed by atoms with van der Waals surface area (Å²) in [7, 11) is 3.54. The molecule has 212 valence electrons. The number of nitrogens with one attached hydrogen (secondary N) is 2. The van der Waals surface area contributed by atoms with Crippen LogP contribution in [0.1, 0.15) is 73.8 Å². The highest BCUT2D eigenvalue weighted by atomic mass is 16.2. The molecule has 0 saturated carbocycles. The molecule has 0 bridgehead atoms. The molecule has 2 rings (SSSR count). The van der Waals surface area contributed by atoms with Gasteiger partial charge in [0.15, 0.2) is 0 Å². The molecule has 1 aliphatic rings.